The van der Waals surface area contributed by atoms with E-state index in [1.807, 2.05) is 35.0 Å². The molecule has 0 saturated heterocycles. The van der Waals surface area contributed by atoms with Gasteiger partial charge in [0.1, 0.15) is 11.5 Å². The van der Waals surface area contributed by atoms with Crippen molar-refractivity contribution in [1.82, 2.24) is 24.6 Å². The second kappa shape index (κ2) is 7.40. The highest BCUT2D eigenvalue weighted by atomic mass is 32.2. The van der Waals surface area contributed by atoms with Gasteiger partial charge in [0.15, 0.2) is 0 Å². The Morgan fingerprint density at radius 1 is 1.19 bits per heavy atom. The minimum absolute atomic E-state index is 0.0824. The van der Waals surface area contributed by atoms with E-state index in [0.717, 1.165) is 24.4 Å². The lowest BCUT2D eigenvalue weighted by molar-refractivity contribution is -0.117. The lowest BCUT2D eigenvalue weighted by atomic mass is 10.3. The zero-order chi connectivity index (χ0) is 18.8. The van der Waals surface area contributed by atoms with Crippen LogP contribution in [-0.4, -0.2) is 36.9 Å². The third kappa shape index (κ3) is 3.95. The first-order chi connectivity index (χ1) is 13.1. The molecule has 1 aromatic carbocycles. The Bertz CT molecular complexity index is 975. The number of carbonyl (C=O) groups is 2. The van der Waals surface area contributed by atoms with E-state index in [1.54, 1.807) is 29.9 Å². The van der Waals surface area contributed by atoms with Gasteiger partial charge in [0, 0.05) is 19.2 Å². The SMILES string of the molecule is Cn1cccc1C(=O)NC(=O)CSc1nc(C2CC2)n(-c2ccccc2)n1. The molecule has 0 radical (unpaired) electrons. The lowest BCUT2D eigenvalue weighted by Gasteiger charge is -2.04. The molecule has 2 amide bonds. The number of rotatable bonds is 6. The summed E-state index contributed by atoms with van der Waals surface area (Å²) in [7, 11) is 1.76. The van der Waals surface area contributed by atoms with E-state index in [2.05, 4.69) is 15.4 Å². The van der Waals surface area contributed by atoms with Crippen LogP contribution in [0.1, 0.15) is 35.1 Å². The summed E-state index contributed by atoms with van der Waals surface area (Å²) in [5.74, 6) is 0.674. The molecule has 1 fully saturated rings. The number of hydrogen-bond acceptors (Lipinski definition) is 5. The number of imide groups is 1. The van der Waals surface area contributed by atoms with Gasteiger partial charge in [0.25, 0.3) is 5.91 Å². The van der Waals surface area contributed by atoms with E-state index >= 15 is 0 Å². The van der Waals surface area contributed by atoms with Crippen LogP contribution in [0.3, 0.4) is 0 Å². The van der Waals surface area contributed by atoms with Gasteiger partial charge in [-0.3, -0.25) is 14.9 Å². The molecule has 0 bridgehead atoms. The smallest absolute Gasteiger partial charge is 0.274 e. The van der Waals surface area contributed by atoms with Gasteiger partial charge in [0.05, 0.1) is 11.4 Å². The quantitative estimate of drug-likeness (QED) is 0.664. The van der Waals surface area contributed by atoms with Crippen molar-refractivity contribution in [2.75, 3.05) is 5.75 Å². The largest absolute Gasteiger partial charge is 0.347 e. The van der Waals surface area contributed by atoms with E-state index in [1.165, 1.54) is 11.8 Å². The molecule has 1 N–H and O–H groups in total. The van der Waals surface area contributed by atoms with Crippen LogP contribution >= 0.6 is 11.8 Å². The van der Waals surface area contributed by atoms with Crippen LogP contribution in [-0.2, 0) is 11.8 Å². The van der Waals surface area contributed by atoms with E-state index in [-0.39, 0.29) is 11.7 Å². The summed E-state index contributed by atoms with van der Waals surface area (Å²) in [5.41, 5.74) is 1.40. The predicted octanol–water partition coefficient (Wildman–Crippen LogP) is 2.53. The van der Waals surface area contributed by atoms with Crippen LogP contribution in [0, 0.1) is 0 Å². The number of nitrogens with one attached hydrogen (secondary N) is 1. The summed E-state index contributed by atoms with van der Waals surface area (Å²) in [4.78, 5) is 28.8. The second-order valence-electron chi connectivity index (χ2n) is 6.44. The highest BCUT2D eigenvalue weighted by Crippen LogP contribution is 2.40. The van der Waals surface area contributed by atoms with Crippen LogP contribution in [0.15, 0.2) is 53.8 Å². The van der Waals surface area contributed by atoms with E-state index in [4.69, 9.17) is 0 Å². The maximum absolute atomic E-state index is 12.1. The summed E-state index contributed by atoms with van der Waals surface area (Å²) in [6.07, 6.45) is 3.98. The second-order valence-corrected chi connectivity index (χ2v) is 7.39. The number of aryl methyl sites for hydroxylation is 1. The molecule has 1 saturated carbocycles. The van der Waals surface area contributed by atoms with Gasteiger partial charge in [-0.25, -0.2) is 9.67 Å². The molecule has 4 rings (SSSR count). The molecule has 0 spiro atoms. The minimum atomic E-state index is -0.408. The van der Waals surface area contributed by atoms with E-state index in [0.29, 0.717) is 16.8 Å². The highest BCUT2D eigenvalue weighted by Gasteiger charge is 2.30. The van der Waals surface area contributed by atoms with Crippen molar-refractivity contribution in [3.8, 4) is 5.69 Å². The molecular formula is C19H19N5O2S. The van der Waals surface area contributed by atoms with Crippen molar-refractivity contribution in [3.05, 3.63) is 60.2 Å². The minimum Gasteiger partial charge on any atom is -0.347 e. The fourth-order valence-corrected chi connectivity index (χ4v) is 3.41. The van der Waals surface area contributed by atoms with E-state index in [9.17, 15) is 9.59 Å². The van der Waals surface area contributed by atoms with Gasteiger partial charge < -0.3 is 4.57 Å². The van der Waals surface area contributed by atoms with Crippen molar-refractivity contribution in [2.45, 2.75) is 23.9 Å². The van der Waals surface area contributed by atoms with Gasteiger partial charge in [-0.2, -0.15) is 0 Å². The number of thioether (sulfide) groups is 1. The average molecular weight is 381 g/mol. The molecule has 2 heterocycles. The fourth-order valence-electron chi connectivity index (χ4n) is 2.78. The maximum Gasteiger partial charge on any atom is 0.274 e. The summed E-state index contributed by atoms with van der Waals surface area (Å²) in [6.45, 7) is 0. The third-order valence-corrected chi connectivity index (χ3v) is 5.16. The Hall–Kier alpha value is -2.87. The molecule has 2 aromatic heterocycles. The van der Waals surface area contributed by atoms with Crippen molar-refractivity contribution < 1.29 is 9.59 Å². The fraction of sp³-hybridized carbons (Fsp3) is 0.263. The molecule has 0 aliphatic heterocycles. The average Bonchev–Trinajstić information content (AvgIpc) is 3.28. The molecule has 27 heavy (non-hydrogen) atoms. The van der Waals surface area contributed by atoms with Gasteiger partial charge in [0.2, 0.25) is 11.1 Å². The van der Waals surface area contributed by atoms with Gasteiger partial charge in [-0.05, 0) is 37.1 Å². The summed E-state index contributed by atoms with van der Waals surface area (Å²) in [6, 6.07) is 13.3. The first-order valence-electron chi connectivity index (χ1n) is 8.72. The first kappa shape index (κ1) is 17.5. The van der Waals surface area contributed by atoms with Crippen molar-refractivity contribution in [3.63, 3.8) is 0 Å². The molecule has 0 atom stereocenters. The van der Waals surface area contributed by atoms with Crippen LogP contribution in [0.5, 0.6) is 0 Å². The standard InChI is InChI=1S/C19H19N5O2S/c1-23-11-5-8-15(23)18(26)20-16(25)12-27-19-21-17(13-9-10-13)24(22-19)14-6-3-2-4-7-14/h2-8,11,13H,9-10,12H2,1H3,(H,20,25,26). The molecule has 8 heteroatoms. The summed E-state index contributed by atoms with van der Waals surface area (Å²) >= 11 is 1.23. The van der Waals surface area contributed by atoms with Crippen LogP contribution in [0.4, 0.5) is 0 Å². The van der Waals surface area contributed by atoms with Crippen LogP contribution in [0.2, 0.25) is 0 Å². The van der Waals surface area contributed by atoms with Crippen molar-refractivity contribution in [1.29, 1.82) is 0 Å². The number of carbonyl (C=O) groups excluding carboxylic acids is 2. The molecule has 0 unspecified atom stereocenters. The Balaban J connectivity index is 1.42. The zero-order valence-corrected chi connectivity index (χ0v) is 15.6. The number of amides is 2. The normalized spacial score (nSPS) is 13.5. The summed E-state index contributed by atoms with van der Waals surface area (Å²) in [5, 5.41) is 7.50. The molecule has 1 aliphatic rings. The number of nitrogens with zero attached hydrogens (tertiary/aromatic N) is 4. The molecular weight excluding hydrogens is 362 g/mol. The Morgan fingerprint density at radius 2 is 1.96 bits per heavy atom. The number of hydrogen-bond donors (Lipinski definition) is 1. The molecule has 3 aromatic rings. The van der Waals surface area contributed by atoms with Crippen molar-refractivity contribution in [2.24, 2.45) is 7.05 Å². The van der Waals surface area contributed by atoms with Gasteiger partial charge in [-0.15, -0.1) is 5.10 Å². The number of para-hydroxylation sites is 1. The topological polar surface area (TPSA) is 81.8 Å². The predicted molar refractivity (Wildman–Crippen MR) is 102 cm³/mol. The first-order valence-corrected chi connectivity index (χ1v) is 9.71. The number of aromatic nitrogens is 4. The van der Waals surface area contributed by atoms with Gasteiger partial charge in [-0.1, -0.05) is 30.0 Å². The molecule has 7 nitrogen and oxygen atoms in total. The lowest BCUT2D eigenvalue weighted by Crippen LogP contribution is -2.33. The summed E-state index contributed by atoms with van der Waals surface area (Å²) < 4.78 is 3.52. The molecule has 1 aliphatic carbocycles. The Labute approximate surface area is 160 Å². The molecule has 138 valence electrons. The Morgan fingerprint density at radius 3 is 2.63 bits per heavy atom. The highest BCUT2D eigenvalue weighted by molar-refractivity contribution is 7.99. The van der Waals surface area contributed by atoms with Gasteiger partial charge >= 0.3 is 0 Å². The van der Waals surface area contributed by atoms with E-state index < -0.39 is 5.91 Å². The Kier molecular flexibility index (Phi) is 4.81. The van der Waals surface area contributed by atoms with Crippen LogP contribution in [0.25, 0.3) is 5.69 Å². The maximum atomic E-state index is 12.1. The third-order valence-electron chi connectivity index (χ3n) is 4.32. The zero-order valence-electron chi connectivity index (χ0n) is 14.8. The van der Waals surface area contributed by atoms with Crippen molar-refractivity contribution >= 4 is 23.6 Å². The number of benzene rings is 1. The van der Waals surface area contributed by atoms with Crippen LogP contribution < -0.4 is 5.32 Å². The monoisotopic (exact) mass is 381 g/mol.